The molecule has 1 aliphatic heterocycles. The van der Waals surface area contributed by atoms with Crippen molar-refractivity contribution in [2.24, 2.45) is 5.92 Å². The first-order valence-corrected chi connectivity index (χ1v) is 7.91. The molecule has 3 rings (SSSR count). The molecule has 2 aromatic rings. The van der Waals surface area contributed by atoms with Gasteiger partial charge in [-0.3, -0.25) is 4.79 Å². The van der Waals surface area contributed by atoms with E-state index in [-0.39, 0.29) is 18.4 Å². The highest BCUT2D eigenvalue weighted by Crippen LogP contribution is 2.29. The van der Waals surface area contributed by atoms with Crippen LogP contribution in [-0.4, -0.2) is 56.9 Å². The summed E-state index contributed by atoms with van der Waals surface area (Å²) < 4.78 is 0.974. The summed E-state index contributed by atoms with van der Waals surface area (Å²) in [6.45, 7) is 3.39. The Bertz CT molecular complexity index is 795. The lowest BCUT2D eigenvalue weighted by Gasteiger charge is -2.42. The minimum Gasteiger partial charge on any atom is -0.427 e. The monoisotopic (exact) mass is 328 g/mol. The van der Waals surface area contributed by atoms with E-state index >= 15 is 0 Å². The van der Waals surface area contributed by atoms with Gasteiger partial charge in [0.05, 0.1) is 17.5 Å². The summed E-state index contributed by atoms with van der Waals surface area (Å²) in [5.41, 5.74) is 0.452. The summed E-state index contributed by atoms with van der Waals surface area (Å²) in [5.74, 6) is 0.971. The maximum absolute atomic E-state index is 12.0. The second kappa shape index (κ2) is 6.35. The summed E-state index contributed by atoms with van der Waals surface area (Å²) in [6.07, 6.45) is 3.74. The normalized spacial score (nSPS) is 20.8. The van der Waals surface area contributed by atoms with Gasteiger partial charge in [0.1, 0.15) is 18.6 Å². The zero-order valence-corrected chi connectivity index (χ0v) is 13.8. The van der Waals surface area contributed by atoms with Crippen LogP contribution < -0.4 is 4.90 Å². The van der Waals surface area contributed by atoms with E-state index in [4.69, 9.17) is 5.26 Å². The Morgan fingerprint density at radius 2 is 2.33 bits per heavy atom. The molecule has 8 nitrogen and oxygen atoms in total. The molecular formula is C16H20N6O2. The lowest BCUT2D eigenvalue weighted by Crippen LogP contribution is -2.52. The standard InChI is InChI=1S/C16H20N6O2/c1-11-4-7-21(14(23)3-6-17)9-13(11)20(2)15-12-5-8-22(24)16(12)19-10-18-15/h5,8,10-11,13,24H,3-4,7,9H2,1-2H3/t11-,13+/m0/s1. The summed E-state index contributed by atoms with van der Waals surface area (Å²) in [7, 11) is 1.94. The van der Waals surface area contributed by atoms with Crippen LogP contribution in [0.3, 0.4) is 0 Å². The van der Waals surface area contributed by atoms with Crippen molar-refractivity contribution < 1.29 is 10.0 Å². The maximum atomic E-state index is 12.0. The van der Waals surface area contributed by atoms with E-state index in [0.29, 0.717) is 24.7 Å². The van der Waals surface area contributed by atoms with Gasteiger partial charge in [-0.1, -0.05) is 6.92 Å². The molecule has 2 atom stereocenters. The lowest BCUT2D eigenvalue weighted by molar-refractivity contribution is -0.131. The number of rotatable bonds is 3. The Labute approximate surface area is 139 Å². The smallest absolute Gasteiger partial charge is 0.236 e. The lowest BCUT2D eigenvalue weighted by atomic mass is 9.92. The van der Waals surface area contributed by atoms with Crippen LogP contribution >= 0.6 is 0 Å². The quantitative estimate of drug-likeness (QED) is 0.852. The van der Waals surface area contributed by atoms with Crippen molar-refractivity contribution in [1.82, 2.24) is 19.6 Å². The third-order valence-electron chi connectivity index (χ3n) is 4.77. The molecule has 0 radical (unpaired) electrons. The molecular weight excluding hydrogens is 308 g/mol. The van der Waals surface area contributed by atoms with E-state index in [0.717, 1.165) is 22.4 Å². The van der Waals surface area contributed by atoms with Crippen molar-refractivity contribution in [2.75, 3.05) is 25.0 Å². The largest absolute Gasteiger partial charge is 0.427 e. The van der Waals surface area contributed by atoms with Crippen molar-refractivity contribution in [3.63, 3.8) is 0 Å². The zero-order chi connectivity index (χ0) is 17.3. The van der Waals surface area contributed by atoms with Gasteiger partial charge in [-0.15, -0.1) is 0 Å². The Morgan fingerprint density at radius 3 is 3.08 bits per heavy atom. The van der Waals surface area contributed by atoms with E-state index in [2.05, 4.69) is 16.9 Å². The van der Waals surface area contributed by atoms with Crippen LogP contribution in [0.25, 0.3) is 11.0 Å². The second-order valence-corrected chi connectivity index (χ2v) is 6.21. The fraction of sp³-hybridized carbons (Fsp3) is 0.500. The Morgan fingerprint density at radius 1 is 1.54 bits per heavy atom. The number of fused-ring (bicyclic) bond motifs is 1. The number of nitriles is 1. The molecule has 0 aliphatic carbocycles. The first-order chi connectivity index (χ1) is 11.5. The Kier molecular flexibility index (Phi) is 4.25. The van der Waals surface area contributed by atoms with E-state index in [1.54, 1.807) is 11.0 Å². The molecule has 1 aliphatic rings. The number of anilines is 1. The zero-order valence-electron chi connectivity index (χ0n) is 13.8. The SMILES string of the molecule is C[C@H]1CCN(C(=O)CC#N)C[C@H]1N(C)c1ncnc2c1ccn2O. The number of carbonyl (C=O) groups excluding carboxylic acids is 1. The van der Waals surface area contributed by atoms with E-state index in [9.17, 15) is 10.0 Å². The number of hydrogen-bond donors (Lipinski definition) is 1. The van der Waals surface area contributed by atoms with Gasteiger partial charge in [0.15, 0.2) is 5.65 Å². The van der Waals surface area contributed by atoms with E-state index < -0.39 is 0 Å². The number of carbonyl (C=O) groups is 1. The van der Waals surface area contributed by atoms with Crippen molar-refractivity contribution in [3.8, 4) is 6.07 Å². The van der Waals surface area contributed by atoms with Crippen LogP contribution in [-0.2, 0) is 4.79 Å². The van der Waals surface area contributed by atoms with Gasteiger partial charge in [-0.25, -0.2) is 9.97 Å². The predicted molar refractivity (Wildman–Crippen MR) is 87.5 cm³/mol. The number of piperidine rings is 1. The molecule has 0 spiro atoms. The Balaban J connectivity index is 1.88. The fourth-order valence-corrected chi connectivity index (χ4v) is 3.32. The van der Waals surface area contributed by atoms with Crippen LogP contribution in [0.1, 0.15) is 19.8 Å². The van der Waals surface area contributed by atoms with Crippen LogP contribution in [0.2, 0.25) is 0 Å². The number of hydrogen-bond acceptors (Lipinski definition) is 6. The van der Waals surface area contributed by atoms with Gasteiger partial charge < -0.3 is 15.0 Å². The predicted octanol–water partition coefficient (Wildman–Crippen LogP) is 1.26. The minimum absolute atomic E-state index is 0.0848. The van der Waals surface area contributed by atoms with Crippen molar-refractivity contribution in [2.45, 2.75) is 25.8 Å². The summed E-state index contributed by atoms with van der Waals surface area (Å²) in [6, 6.07) is 3.78. The van der Waals surface area contributed by atoms with Crippen molar-refractivity contribution in [3.05, 3.63) is 18.6 Å². The van der Waals surface area contributed by atoms with Crippen LogP contribution in [0, 0.1) is 17.2 Å². The topological polar surface area (TPSA) is 98.3 Å². The molecule has 0 bridgehead atoms. The molecule has 3 heterocycles. The molecule has 24 heavy (non-hydrogen) atoms. The molecule has 0 aromatic carbocycles. The van der Waals surface area contributed by atoms with Gasteiger partial charge in [-0.2, -0.15) is 9.99 Å². The third kappa shape index (κ3) is 2.73. The second-order valence-electron chi connectivity index (χ2n) is 6.21. The average molecular weight is 328 g/mol. The van der Waals surface area contributed by atoms with Crippen molar-refractivity contribution in [1.29, 1.82) is 5.26 Å². The highest BCUT2D eigenvalue weighted by molar-refractivity contribution is 5.87. The van der Waals surface area contributed by atoms with Crippen LogP contribution in [0.5, 0.6) is 0 Å². The van der Waals surface area contributed by atoms with Gasteiger partial charge >= 0.3 is 0 Å². The number of aromatic nitrogens is 3. The summed E-state index contributed by atoms with van der Waals surface area (Å²) in [4.78, 5) is 24.3. The summed E-state index contributed by atoms with van der Waals surface area (Å²) >= 11 is 0. The van der Waals surface area contributed by atoms with E-state index in [1.165, 1.54) is 12.5 Å². The molecule has 1 N–H and O–H groups in total. The number of likely N-dealkylation sites (tertiary alicyclic amines) is 1. The summed E-state index contributed by atoms with van der Waals surface area (Å²) in [5, 5.41) is 19.3. The molecule has 1 amide bonds. The van der Waals surface area contributed by atoms with Crippen LogP contribution in [0.4, 0.5) is 5.82 Å². The van der Waals surface area contributed by atoms with Gasteiger partial charge in [0, 0.05) is 26.3 Å². The highest BCUT2D eigenvalue weighted by Gasteiger charge is 2.32. The van der Waals surface area contributed by atoms with Gasteiger partial charge in [-0.05, 0) is 18.4 Å². The number of amides is 1. The number of nitrogens with zero attached hydrogens (tertiary/aromatic N) is 6. The molecule has 8 heteroatoms. The molecule has 2 aromatic heterocycles. The van der Waals surface area contributed by atoms with Gasteiger partial charge in [0.2, 0.25) is 5.91 Å². The van der Waals surface area contributed by atoms with Crippen LogP contribution in [0.15, 0.2) is 18.6 Å². The molecule has 1 saturated heterocycles. The molecule has 0 saturated carbocycles. The van der Waals surface area contributed by atoms with E-state index in [1.807, 2.05) is 18.0 Å². The molecule has 1 fully saturated rings. The molecule has 0 unspecified atom stereocenters. The first kappa shape index (κ1) is 16.1. The minimum atomic E-state index is -0.128. The molecule has 126 valence electrons. The first-order valence-electron chi connectivity index (χ1n) is 7.91. The van der Waals surface area contributed by atoms with Gasteiger partial charge in [0.25, 0.3) is 0 Å². The fourth-order valence-electron chi connectivity index (χ4n) is 3.32. The maximum Gasteiger partial charge on any atom is 0.236 e. The Hall–Kier alpha value is -2.82. The average Bonchev–Trinajstić information content (AvgIpc) is 2.96. The number of likely N-dealkylation sites (N-methyl/N-ethyl adjacent to an activating group) is 1. The third-order valence-corrected chi connectivity index (χ3v) is 4.77. The van der Waals surface area contributed by atoms with Crippen molar-refractivity contribution >= 4 is 22.8 Å². The highest BCUT2D eigenvalue weighted by atomic mass is 16.5.